The number of hydrazone groups is 1. The minimum absolute atomic E-state index is 0.0545. The molecule has 2 amide bonds. The zero-order valence-electron chi connectivity index (χ0n) is 12.2. The summed E-state index contributed by atoms with van der Waals surface area (Å²) in [5.41, 5.74) is 1.80. The second-order valence-corrected chi connectivity index (χ2v) is 5.28. The summed E-state index contributed by atoms with van der Waals surface area (Å²) in [7, 11) is 0. The van der Waals surface area contributed by atoms with E-state index < -0.39 is 29.2 Å². The number of nitrogens with one attached hydrogen (secondary N) is 1. The minimum Gasteiger partial charge on any atom is -0.461 e. The van der Waals surface area contributed by atoms with Crippen molar-refractivity contribution in [1.29, 1.82) is 0 Å². The number of anilines is 1. The van der Waals surface area contributed by atoms with Crippen LogP contribution in [0.3, 0.4) is 0 Å². The van der Waals surface area contributed by atoms with Crippen molar-refractivity contribution in [2.45, 2.75) is 19.4 Å². The van der Waals surface area contributed by atoms with Crippen LogP contribution in [0.25, 0.3) is 0 Å². The van der Waals surface area contributed by atoms with Gasteiger partial charge in [-0.25, -0.2) is 9.69 Å². The molecule has 1 saturated heterocycles. The Morgan fingerprint density at radius 3 is 2.68 bits per heavy atom. The molecule has 0 saturated carbocycles. The number of hydrogen-bond donors (Lipinski definition) is 1. The van der Waals surface area contributed by atoms with E-state index in [0.29, 0.717) is 5.69 Å². The molecule has 1 fully saturated rings. The van der Waals surface area contributed by atoms with Crippen molar-refractivity contribution in [2.24, 2.45) is 11.0 Å². The number of para-hydroxylation sites is 1. The summed E-state index contributed by atoms with van der Waals surface area (Å²) in [5.74, 6) is -2.56. The molecule has 0 radical (unpaired) electrons. The number of benzene rings is 1. The molecule has 2 heterocycles. The van der Waals surface area contributed by atoms with E-state index in [1.54, 1.807) is 44.2 Å². The van der Waals surface area contributed by atoms with Crippen LogP contribution >= 0.6 is 0 Å². The highest BCUT2D eigenvalue weighted by atomic mass is 16.5. The number of rotatable bonds is 3. The first-order valence-electron chi connectivity index (χ1n) is 6.96. The van der Waals surface area contributed by atoms with Gasteiger partial charge in [0.2, 0.25) is 5.91 Å². The van der Waals surface area contributed by atoms with Gasteiger partial charge in [-0.3, -0.25) is 15.0 Å². The average molecular weight is 301 g/mol. The molecule has 114 valence electrons. The van der Waals surface area contributed by atoms with E-state index in [2.05, 4.69) is 10.5 Å². The third-order valence-corrected chi connectivity index (χ3v) is 3.87. The summed E-state index contributed by atoms with van der Waals surface area (Å²) < 4.78 is 4.91. The van der Waals surface area contributed by atoms with Crippen molar-refractivity contribution in [3.63, 3.8) is 0 Å². The van der Waals surface area contributed by atoms with Crippen LogP contribution in [0.1, 0.15) is 13.8 Å². The molecule has 2 aliphatic rings. The molecule has 0 bridgehead atoms. The van der Waals surface area contributed by atoms with Crippen LogP contribution < -0.4 is 10.3 Å². The number of fused-ring (bicyclic) bond motifs is 1. The molecule has 0 spiro atoms. The Labute approximate surface area is 126 Å². The number of carbonyl (C=O) groups is 3. The van der Waals surface area contributed by atoms with Crippen LogP contribution in [-0.4, -0.2) is 35.6 Å². The van der Waals surface area contributed by atoms with Crippen molar-refractivity contribution < 1.29 is 19.1 Å². The Bertz CT molecular complexity index is 685. The monoisotopic (exact) mass is 301 g/mol. The third kappa shape index (κ3) is 1.82. The van der Waals surface area contributed by atoms with E-state index in [4.69, 9.17) is 4.74 Å². The van der Waals surface area contributed by atoms with Crippen LogP contribution in [0.4, 0.5) is 5.69 Å². The molecule has 0 aliphatic carbocycles. The summed E-state index contributed by atoms with van der Waals surface area (Å²) >= 11 is 0. The lowest BCUT2D eigenvalue weighted by molar-refractivity contribution is -0.136. The van der Waals surface area contributed by atoms with Crippen molar-refractivity contribution in [1.82, 2.24) is 5.43 Å². The molecule has 0 unspecified atom stereocenters. The van der Waals surface area contributed by atoms with Gasteiger partial charge in [-0.05, 0) is 26.0 Å². The third-order valence-electron chi connectivity index (χ3n) is 3.87. The smallest absolute Gasteiger partial charge is 0.355 e. The molecule has 1 N–H and O–H groups in total. The summed E-state index contributed by atoms with van der Waals surface area (Å²) in [6, 6.07) is 8.60. The first-order chi connectivity index (χ1) is 10.5. The van der Waals surface area contributed by atoms with Gasteiger partial charge in [0.25, 0.3) is 5.91 Å². The molecular formula is C15H15N3O4. The summed E-state index contributed by atoms with van der Waals surface area (Å²) in [4.78, 5) is 38.4. The molecule has 2 aliphatic heterocycles. The van der Waals surface area contributed by atoms with Gasteiger partial charge in [0.15, 0.2) is 5.71 Å². The Morgan fingerprint density at radius 2 is 2.05 bits per heavy atom. The van der Waals surface area contributed by atoms with Gasteiger partial charge in [-0.2, -0.15) is 5.10 Å². The maximum atomic E-state index is 12.7. The normalized spacial score (nSPS) is 26.5. The fourth-order valence-electron chi connectivity index (χ4n) is 2.77. The van der Waals surface area contributed by atoms with E-state index in [0.717, 1.165) is 4.90 Å². The Morgan fingerprint density at radius 1 is 1.36 bits per heavy atom. The lowest BCUT2D eigenvalue weighted by Gasteiger charge is -2.20. The second kappa shape index (κ2) is 4.94. The first-order valence-corrected chi connectivity index (χ1v) is 6.96. The topological polar surface area (TPSA) is 88.1 Å². The van der Waals surface area contributed by atoms with Crippen molar-refractivity contribution in [2.75, 3.05) is 11.5 Å². The van der Waals surface area contributed by atoms with Crippen molar-refractivity contribution in [3.05, 3.63) is 30.3 Å². The maximum Gasteiger partial charge on any atom is 0.355 e. The maximum absolute atomic E-state index is 12.7. The second-order valence-electron chi connectivity index (χ2n) is 5.28. The molecule has 22 heavy (non-hydrogen) atoms. The fourth-order valence-corrected chi connectivity index (χ4v) is 2.77. The lowest BCUT2D eigenvalue weighted by Crippen LogP contribution is -2.48. The van der Waals surface area contributed by atoms with Crippen LogP contribution in [-0.2, 0) is 19.1 Å². The van der Waals surface area contributed by atoms with Gasteiger partial charge < -0.3 is 4.74 Å². The van der Waals surface area contributed by atoms with Gasteiger partial charge in [0.1, 0.15) is 11.5 Å². The van der Waals surface area contributed by atoms with Gasteiger partial charge in [-0.15, -0.1) is 0 Å². The number of hydrogen-bond acceptors (Lipinski definition) is 6. The average Bonchev–Trinajstić information content (AvgIpc) is 2.95. The SMILES string of the molecule is CCOC(=O)C1=NN[C@]2(C)C(=O)N(c3ccccc3)C(=O)[C@@H]12. The molecule has 1 aromatic carbocycles. The molecule has 7 heteroatoms. The number of amides is 2. The molecular weight excluding hydrogens is 286 g/mol. The summed E-state index contributed by atoms with van der Waals surface area (Å²) in [5, 5.41) is 3.86. The van der Waals surface area contributed by atoms with E-state index in [-0.39, 0.29) is 12.3 Å². The predicted octanol–water partition coefficient (Wildman–Crippen LogP) is 0.457. The van der Waals surface area contributed by atoms with Gasteiger partial charge in [-0.1, -0.05) is 18.2 Å². The van der Waals surface area contributed by atoms with E-state index in [1.807, 2.05) is 0 Å². The minimum atomic E-state index is -1.25. The zero-order chi connectivity index (χ0) is 15.9. The molecule has 3 rings (SSSR count). The highest BCUT2D eigenvalue weighted by Crippen LogP contribution is 2.37. The predicted molar refractivity (Wildman–Crippen MR) is 78.0 cm³/mol. The van der Waals surface area contributed by atoms with Crippen LogP contribution in [0, 0.1) is 5.92 Å². The van der Waals surface area contributed by atoms with Gasteiger partial charge >= 0.3 is 5.97 Å². The number of nitrogens with zero attached hydrogens (tertiary/aromatic N) is 2. The molecule has 2 atom stereocenters. The number of carbonyl (C=O) groups excluding carboxylic acids is 3. The fraction of sp³-hybridized carbons (Fsp3) is 0.333. The molecule has 7 nitrogen and oxygen atoms in total. The van der Waals surface area contributed by atoms with E-state index in [9.17, 15) is 14.4 Å². The molecule has 0 aromatic heterocycles. The van der Waals surface area contributed by atoms with Gasteiger partial charge in [0, 0.05) is 0 Å². The summed E-state index contributed by atoms with van der Waals surface area (Å²) in [6.45, 7) is 3.40. The van der Waals surface area contributed by atoms with E-state index in [1.165, 1.54) is 0 Å². The standard InChI is InChI=1S/C15H15N3O4/c1-3-22-13(20)11-10-12(19)18(9-7-5-4-6-8-9)14(21)15(10,2)17-16-11/h4-8,10,17H,3H2,1-2H3/t10-,15+/m1/s1. The highest BCUT2D eigenvalue weighted by Gasteiger charge is 2.63. The van der Waals surface area contributed by atoms with E-state index >= 15 is 0 Å². The highest BCUT2D eigenvalue weighted by molar-refractivity contribution is 6.47. The quantitative estimate of drug-likeness (QED) is 0.647. The number of esters is 1. The summed E-state index contributed by atoms with van der Waals surface area (Å²) in [6.07, 6.45) is 0. The van der Waals surface area contributed by atoms with Crippen molar-refractivity contribution in [3.8, 4) is 0 Å². The van der Waals surface area contributed by atoms with Crippen molar-refractivity contribution >= 4 is 29.2 Å². The Balaban J connectivity index is 1.99. The van der Waals surface area contributed by atoms with Crippen LogP contribution in [0.15, 0.2) is 35.4 Å². The van der Waals surface area contributed by atoms with Crippen LogP contribution in [0.2, 0.25) is 0 Å². The Kier molecular flexibility index (Phi) is 3.20. The number of ether oxygens (including phenoxy) is 1. The first kappa shape index (κ1) is 14.2. The Hall–Kier alpha value is -2.70. The largest absolute Gasteiger partial charge is 0.461 e. The van der Waals surface area contributed by atoms with Crippen LogP contribution in [0.5, 0.6) is 0 Å². The molecule has 1 aromatic rings. The lowest BCUT2D eigenvalue weighted by atomic mass is 9.86. The number of imide groups is 1. The van der Waals surface area contributed by atoms with Gasteiger partial charge in [0.05, 0.1) is 12.3 Å². The zero-order valence-corrected chi connectivity index (χ0v) is 12.2.